The highest BCUT2D eigenvalue weighted by Gasteiger charge is 2.22. The molecule has 0 aliphatic heterocycles. The Morgan fingerprint density at radius 1 is 1.27 bits per heavy atom. The number of hydrogen-bond acceptors (Lipinski definition) is 6. The molecule has 0 spiro atoms. The first-order valence-electron chi connectivity index (χ1n) is 10.1. The summed E-state index contributed by atoms with van der Waals surface area (Å²) in [5.41, 5.74) is 3.91. The number of hydrogen-bond donors (Lipinski definition) is 4. The van der Waals surface area contributed by atoms with Gasteiger partial charge in [0.1, 0.15) is 11.9 Å². The van der Waals surface area contributed by atoms with Crippen molar-refractivity contribution < 1.29 is 15.0 Å². The molecule has 0 aliphatic carbocycles. The fourth-order valence-electron chi connectivity index (χ4n) is 3.45. The van der Waals surface area contributed by atoms with Crippen LogP contribution in [0.4, 0.5) is 0 Å². The number of aryl methyl sites for hydroxylation is 1. The van der Waals surface area contributed by atoms with Gasteiger partial charge in [0, 0.05) is 37.0 Å². The van der Waals surface area contributed by atoms with Crippen molar-refractivity contribution in [1.82, 2.24) is 24.8 Å². The van der Waals surface area contributed by atoms with Crippen LogP contribution in [-0.4, -0.2) is 68.4 Å². The molecule has 0 bridgehead atoms. The number of benzene rings is 1. The van der Waals surface area contributed by atoms with E-state index < -0.39 is 18.1 Å². The molecule has 9 nitrogen and oxygen atoms in total. The van der Waals surface area contributed by atoms with Gasteiger partial charge in [-0.05, 0) is 51.7 Å². The number of carbonyl (C=O) groups is 1. The van der Waals surface area contributed by atoms with E-state index in [-0.39, 0.29) is 36.9 Å². The molecule has 11 heteroatoms. The summed E-state index contributed by atoms with van der Waals surface area (Å²) in [4.78, 5) is 32.7. The number of aromatic amines is 1. The van der Waals surface area contributed by atoms with E-state index in [1.54, 1.807) is 13.1 Å². The Morgan fingerprint density at radius 2 is 1.97 bits per heavy atom. The van der Waals surface area contributed by atoms with Gasteiger partial charge in [0.25, 0.3) is 5.56 Å². The molecule has 0 aliphatic rings. The highest BCUT2D eigenvalue weighted by Crippen LogP contribution is 2.25. The summed E-state index contributed by atoms with van der Waals surface area (Å²) in [5.74, 6) is -0.339. The number of nitrogens with one attached hydrogen (secondary N) is 2. The van der Waals surface area contributed by atoms with Crippen molar-refractivity contribution in [2.45, 2.75) is 39.1 Å². The van der Waals surface area contributed by atoms with Crippen LogP contribution in [0, 0.1) is 6.92 Å². The molecule has 4 N–H and O–H groups in total. The Bertz CT molecular complexity index is 1140. The second-order valence-electron chi connectivity index (χ2n) is 8.05. The lowest BCUT2D eigenvalue weighted by Gasteiger charge is -2.17. The van der Waals surface area contributed by atoms with Crippen LogP contribution in [0.2, 0.25) is 0 Å². The largest absolute Gasteiger partial charge is 0.480 e. The molecule has 182 valence electrons. The molecule has 0 amide bonds. The van der Waals surface area contributed by atoms with Crippen LogP contribution in [-0.2, 0) is 17.9 Å². The minimum absolute atomic E-state index is 0. The van der Waals surface area contributed by atoms with Crippen LogP contribution in [0.25, 0.3) is 22.4 Å². The quantitative estimate of drug-likeness (QED) is 0.355. The fourth-order valence-corrected chi connectivity index (χ4v) is 3.45. The maximum atomic E-state index is 11.8. The third-order valence-electron chi connectivity index (χ3n) is 5.21. The van der Waals surface area contributed by atoms with Gasteiger partial charge in [-0.2, -0.15) is 0 Å². The summed E-state index contributed by atoms with van der Waals surface area (Å²) in [6, 6.07) is 6.58. The van der Waals surface area contributed by atoms with Crippen molar-refractivity contribution in [2.24, 2.45) is 0 Å². The minimum Gasteiger partial charge on any atom is -0.480 e. The number of pyridine rings is 1. The zero-order valence-electron chi connectivity index (χ0n) is 19.0. The summed E-state index contributed by atoms with van der Waals surface area (Å²) in [6.07, 6.45) is 0.659. The number of aliphatic carboxylic acids is 1. The van der Waals surface area contributed by atoms with Gasteiger partial charge < -0.3 is 24.7 Å². The Hall–Kier alpha value is -2.43. The second kappa shape index (κ2) is 12.2. The smallest absolute Gasteiger partial charge is 0.323 e. The predicted octanol–water partition coefficient (Wildman–Crippen LogP) is 2.03. The molecule has 0 fully saturated rings. The van der Waals surface area contributed by atoms with Crippen molar-refractivity contribution in [1.29, 1.82) is 0 Å². The monoisotopic (exact) mass is 499 g/mol. The standard InChI is InChI=1S/C22H29N5O4.2ClH/c1-13-9-16(12-24-21(13)29)20-25-17-10-15(11-23-19(14(2)28)22(30)31)5-6-18(17)27(20)8-7-26(3)4;;/h5-6,9-10,12,14,19,23,28H,7-8,11H2,1-4H3,(H,24,29)(H,30,31);2*1H. The number of aromatic nitrogens is 3. The van der Waals surface area contributed by atoms with Crippen LogP contribution < -0.4 is 10.9 Å². The molecular weight excluding hydrogens is 469 g/mol. The van der Waals surface area contributed by atoms with Crippen molar-refractivity contribution in [3.8, 4) is 11.4 Å². The fraction of sp³-hybridized carbons (Fsp3) is 0.409. The molecule has 33 heavy (non-hydrogen) atoms. The van der Waals surface area contributed by atoms with E-state index in [2.05, 4.69) is 19.8 Å². The maximum Gasteiger partial charge on any atom is 0.323 e. The molecule has 0 saturated carbocycles. The molecular formula is C22H31Cl2N5O4. The topological polar surface area (TPSA) is 123 Å². The first kappa shape index (κ1) is 28.6. The van der Waals surface area contributed by atoms with E-state index in [1.165, 1.54) is 6.92 Å². The van der Waals surface area contributed by atoms with Gasteiger partial charge in [0.05, 0.1) is 17.1 Å². The number of aliphatic hydroxyl groups excluding tert-OH is 1. The lowest BCUT2D eigenvalue weighted by atomic mass is 10.1. The van der Waals surface area contributed by atoms with Crippen molar-refractivity contribution in [2.75, 3.05) is 20.6 Å². The van der Waals surface area contributed by atoms with Gasteiger partial charge in [-0.25, -0.2) is 4.98 Å². The molecule has 2 aromatic heterocycles. The SMILES string of the molecule is Cc1cc(-c2nc3cc(CNC(C(=O)O)C(C)O)ccc3n2CCN(C)C)c[nH]c1=O.Cl.Cl. The van der Waals surface area contributed by atoms with Crippen molar-refractivity contribution in [3.63, 3.8) is 0 Å². The van der Waals surface area contributed by atoms with Gasteiger partial charge in [0.15, 0.2) is 0 Å². The Balaban J connectivity index is 0.00000272. The van der Waals surface area contributed by atoms with E-state index in [0.717, 1.165) is 41.1 Å². The number of carboxylic acid groups (broad SMARTS) is 1. The Morgan fingerprint density at radius 3 is 2.55 bits per heavy atom. The van der Waals surface area contributed by atoms with Crippen LogP contribution in [0.1, 0.15) is 18.1 Å². The van der Waals surface area contributed by atoms with Gasteiger partial charge >= 0.3 is 5.97 Å². The zero-order valence-corrected chi connectivity index (χ0v) is 20.7. The third kappa shape index (κ3) is 6.78. The van der Waals surface area contributed by atoms with Crippen LogP contribution in [0.15, 0.2) is 35.3 Å². The first-order chi connectivity index (χ1) is 14.7. The molecule has 3 aromatic rings. The van der Waals surface area contributed by atoms with E-state index in [0.29, 0.717) is 5.56 Å². The average molecular weight is 500 g/mol. The number of fused-ring (bicyclic) bond motifs is 1. The van der Waals surface area contributed by atoms with Crippen molar-refractivity contribution in [3.05, 3.63) is 51.9 Å². The van der Waals surface area contributed by atoms with Gasteiger partial charge in [-0.3, -0.25) is 14.9 Å². The van der Waals surface area contributed by atoms with Gasteiger partial charge in [-0.1, -0.05) is 6.07 Å². The van der Waals surface area contributed by atoms with E-state index in [1.807, 2.05) is 38.4 Å². The summed E-state index contributed by atoms with van der Waals surface area (Å²) in [7, 11) is 4.02. The second-order valence-corrected chi connectivity index (χ2v) is 8.05. The molecule has 0 saturated heterocycles. The summed E-state index contributed by atoms with van der Waals surface area (Å²) in [5, 5.41) is 21.8. The lowest BCUT2D eigenvalue weighted by molar-refractivity contribution is -0.142. The number of rotatable bonds is 9. The molecule has 0 radical (unpaired) electrons. The number of likely N-dealkylation sites (N-methyl/N-ethyl adjacent to an activating group) is 1. The maximum absolute atomic E-state index is 11.8. The van der Waals surface area contributed by atoms with E-state index in [4.69, 9.17) is 4.98 Å². The summed E-state index contributed by atoms with van der Waals surface area (Å²) < 4.78 is 2.12. The van der Waals surface area contributed by atoms with Crippen LogP contribution >= 0.6 is 24.8 Å². The van der Waals surface area contributed by atoms with E-state index in [9.17, 15) is 19.8 Å². The lowest BCUT2D eigenvalue weighted by Crippen LogP contribution is -2.44. The van der Waals surface area contributed by atoms with Crippen LogP contribution in [0.3, 0.4) is 0 Å². The normalized spacial score (nSPS) is 12.8. The molecule has 2 heterocycles. The van der Waals surface area contributed by atoms with Gasteiger partial charge in [0.2, 0.25) is 0 Å². The average Bonchev–Trinajstić information content (AvgIpc) is 3.05. The number of H-pyrrole nitrogens is 1. The van der Waals surface area contributed by atoms with E-state index >= 15 is 0 Å². The van der Waals surface area contributed by atoms with Gasteiger partial charge in [-0.15, -0.1) is 24.8 Å². The van der Waals surface area contributed by atoms with Crippen LogP contribution in [0.5, 0.6) is 0 Å². The molecule has 2 atom stereocenters. The number of nitrogens with zero attached hydrogens (tertiary/aromatic N) is 3. The number of halogens is 2. The Labute approximate surface area is 204 Å². The number of imidazole rings is 1. The molecule has 3 rings (SSSR count). The highest BCUT2D eigenvalue weighted by molar-refractivity contribution is 5.85. The minimum atomic E-state index is -1.10. The number of aliphatic hydroxyl groups is 1. The predicted molar refractivity (Wildman–Crippen MR) is 134 cm³/mol. The highest BCUT2D eigenvalue weighted by atomic mass is 35.5. The summed E-state index contributed by atoms with van der Waals surface area (Å²) in [6.45, 7) is 5.03. The first-order valence-corrected chi connectivity index (χ1v) is 10.1. The summed E-state index contributed by atoms with van der Waals surface area (Å²) >= 11 is 0. The molecule has 2 unspecified atom stereocenters. The molecule has 1 aromatic carbocycles. The Kier molecular flexibility index (Phi) is 10.5. The third-order valence-corrected chi connectivity index (χ3v) is 5.21. The zero-order chi connectivity index (χ0) is 22.7. The number of carboxylic acids is 1. The van der Waals surface area contributed by atoms with Crippen molar-refractivity contribution >= 4 is 41.8 Å².